The third-order valence-corrected chi connectivity index (χ3v) is 5.07. The van der Waals surface area contributed by atoms with E-state index in [1.165, 1.54) is 36.0 Å². The molecule has 0 aromatic heterocycles. The van der Waals surface area contributed by atoms with E-state index in [0.717, 1.165) is 5.56 Å². The van der Waals surface area contributed by atoms with Crippen LogP contribution < -0.4 is 10.9 Å². The first-order valence-electron chi connectivity index (χ1n) is 6.88. The highest BCUT2D eigenvalue weighted by Crippen LogP contribution is 2.35. The van der Waals surface area contributed by atoms with Gasteiger partial charge in [0.15, 0.2) is 5.55 Å². The summed E-state index contributed by atoms with van der Waals surface area (Å²) in [5.74, 6) is 0.185. The molecule has 0 fully saturated rings. The second-order valence-corrected chi connectivity index (χ2v) is 7.35. The number of guanidine groups is 1. The van der Waals surface area contributed by atoms with Crippen molar-refractivity contribution in [2.75, 3.05) is 0 Å². The number of nitrogens with zero attached hydrogens (tertiary/aromatic N) is 3. The predicted octanol–water partition coefficient (Wildman–Crippen LogP) is 1.85. The molecule has 2 aromatic carbocycles. The number of hydrogen-bond donors (Lipinski definition) is 2. The van der Waals surface area contributed by atoms with Gasteiger partial charge in [0, 0.05) is 0 Å². The number of hydrazone groups is 1. The smallest absolute Gasteiger partial charge is 0.238 e. The maximum Gasteiger partial charge on any atom is 0.238 e. The van der Waals surface area contributed by atoms with Crippen LogP contribution in [0.25, 0.3) is 0 Å². The van der Waals surface area contributed by atoms with Crippen molar-refractivity contribution >= 4 is 39.0 Å². The second-order valence-electron chi connectivity index (χ2n) is 4.93. The summed E-state index contributed by atoms with van der Waals surface area (Å²) in [6, 6.07) is 15.6. The van der Waals surface area contributed by atoms with Gasteiger partial charge in [0.05, 0.1) is 10.6 Å². The molecule has 1 aliphatic rings. The fourth-order valence-electron chi connectivity index (χ4n) is 2.11. The molecule has 1 heterocycles. The lowest BCUT2D eigenvalue weighted by atomic mass is 10.2. The summed E-state index contributed by atoms with van der Waals surface area (Å²) >= 11 is 1.40. The van der Waals surface area contributed by atoms with Gasteiger partial charge in [-0.05, 0) is 29.8 Å². The third-order valence-electron chi connectivity index (χ3n) is 3.26. The molecule has 1 radical (unpaired) electrons. The average Bonchev–Trinajstić information content (AvgIpc) is 3.05. The van der Waals surface area contributed by atoms with Crippen LogP contribution in [-0.2, 0) is 10.0 Å². The molecule has 0 saturated heterocycles. The van der Waals surface area contributed by atoms with Crippen LogP contribution in [0.4, 0.5) is 5.69 Å². The van der Waals surface area contributed by atoms with Crippen molar-refractivity contribution in [1.29, 1.82) is 0 Å². The van der Waals surface area contributed by atoms with E-state index in [1.807, 2.05) is 30.3 Å². The van der Waals surface area contributed by atoms with Crippen LogP contribution in [-0.4, -0.2) is 24.9 Å². The van der Waals surface area contributed by atoms with E-state index in [0.29, 0.717) is 5.69 Å². The van der Waals surface area contributed by atoms with Gasteiger partial charge in [0.25, 0.3) is 0 Å². The summed E-state index contributed by atoms with van der Waals surface area (Å²) in [5.41, 5.74) is 10.4. The largest absolute Gasteiger partial charge is 0.368 e. The zero-order valence-corrected chi connectivity index (χ0v) is 14.0. The third kappa shape index (κ3) is 3.58. The molecule has 0 bridgehead atoms. The van der Waals surface area contributed by atoms with E-state index in [9.17, 15) is 8.42 Å². The van der Waals surface area contributed by atoms with Crippen molar-refractivity contribution in [3.8, 4) is 0 Å². The number of primary sulfonamides is 1. The van der Waals surface area contributed by atoms with Crippen LogP contribution in [0.3, 0.4) is 0 Å². The predicted molar refractivity (Wildman–Crippen MR) is 95.1 cm³/mol. The number of benzene rings is 2. The Morgan fingerprint density at radius 1 is 1.17 bits per heavy atom. The molecule has 3 rings (SSSR count). The molecule has 1 aliphatic heterocycles. The summed E-state index contributed by atoms with van der Waals surface area (Å²) in [7, 11) is -3.73. The van der Waals surface area contributed by atoms with Gasteiger partial charge in [-0.1, -0.05) is 42.1 Å². The molecule has 0 amide bonds. The van der Waals surface area contributed by atoms with E-state index in [2.05, 4.69) is 15.6 Å². The molecule has 1 unspecified atom stereocenters. The fraction of sp³-hybridized carbons (Fsp3) is 0.0667. The molecular formula is C15H14N5O2S2. The van der Waals surface area contributed by atoms with Crippen molar-refractivity contribution in [2.45, 2.75) is 10.3 Å². The number of thioether (sulfide) groups is 1. The Balaban J connectivity index is 1.83. The van der Waals surface area contributed by atoms with Crippen LogP contribution in [0.1, 0.15) is 10.9 Å². The molecule has 2 aromatic rings. The average molecular weight is 360 g/mol. The van der Waals surface area contributed by atoms with Gasteiger partial charge >= 0.3 is 0 Å². The summed E-state index contributed by atoms with van der Waals surface area (Å²) in [6.07, 6.45) is 0. The van der Waals surface area contributed by atoms with Gasteiger partial charge < -0.3 is 5.73 Å². The SMILES string of the molecule is NC(=Nc1ccc(S(N)(=O)=O)cc1)N1N=[C]SC1c1ccccc1. The van der Waals surface area contributed by atoms with Crippen molar-refractivity contribution in [3.63, 3.8) is 0 Å². The number of rotatable bonds is 3. The van der Waals surface area contributed by atoms with Crippen molar-refractivity contribution < 1.29 is 8.42 Å². The Kier molecular flexibility index (Phi) is 4.56. The van der Waals surface area contributed by atoms with Gasteiger partial charge in [-0.2, -0.15) is 5.10 Å². The van der Waals surface area contributed by atoms with E-state index in [1.54, 1.807) is 5.01 Å². The standard InChI is InChI=1S/C15H14N5O2S2/c16-15(19-12-6-8-13(9-7-12)24(17,21)22)20-14(23-10-18-20)11-4-2-1-3-5-11/h1-9,14H,(H2,16,19)(H2,17,21,22). The summed E-state index contributed by atoms with van der Waals surface area (Å²) < 4.78 is 22.5. The van der Waals surface area contributed by atoms with E-state index >= 15 is 0 Å². The van der Waals surface area contributed by atoms with Crippen LogP contribution in [0, 0.1) is 0 Å². The topological polar surface area (TPSA) is 114 Å². The van der Waals surface area contributed by atoms with Crippen LogP contribution in [0.2, 0.25) is 0 Å². The molecule has 123 valence electrons. The van der Waals surface area contributed by atoms with Crippen LogP contribution in [0.5, 0.6) is 0 Å². The Hall–Kier alpha value is -2.36. The molecule has 0 aliphatic carbocycles. The lowest BCUT2D eigenvalue weighted by molar-refractivity contribution is 0.435. The normalized spacial score (nSPS) is 18.1. The molecule has 1 atom stereocenters. The molecule has 24 heavy (non-hydrogen) atoms. The summed E-state index contributed by atoms with van der Waals surface area (Å²) in [6.45, 7) is 0. The van der Waals surface area contributed by atoms with Gasteiger partial charge in [0.2, 0.25) is 16.0 Å². The molecule has 0 saturated carbocycles. The fourth-order valence-corrected chi connectivity index (χ4v) is 3.41. The number of aliphatic imine (C=N–C) groups is 1. The Morgan fingerprint density at radius 2 is 1.83 bits per heavy atom. The highest BCUT2D eigenvalue weighted by atomic mass is 32.2. The lowest BCUT2D eigenvalue weighted by Crippen LogP contribution is -2.32. The molecular weight excluding hydrogens is 346 g/mol. The minimum absolute atomic E-state index is 0.0188. The van der Waals surface area contributed by atoms with Crippen molar-refractivity contribution in [1.82, 2.24) is 5.01 Å². The first kappa shape index (κ1) is 16.5. The van der Waals surface area contributed by atoms with Gasteiger partial charge in [-0.3, -0.25) is 0 Å². The van der Waals surface area contributed by atoms with Gasteiger partial charge in [0.1, 0.15) is 5.37 Å². The molecule has 7 nitrogen and oxygen atoms in total. The Morgan fingerprint density at radius 3 is 2.46 bits per heavy atom. The van der Waals surface area contributed by atoms with Crippen molar-refractivity contribution in [2.24, 2.45) is 21.0 Å². The summed E-state index contributed by atoms with van der Waals surface area (Å²) in [5, 5.41) is 10.6. The zero-order valence-electron chi connectivity index (χ0n) is 12.4. The minimum Gasteiger partial charge on any atom is -0.368 e. The van der Waals surface area contributed by atoms with E-state index in [-0.39, 0.29) is 16.2 Å². The molecule has 0 spiro atoms. The van der Waals surface area contributed by atoms with E-state index < -0.39 is 10.0 Å². The second kappa shape index (κ2) is 6.63. The Bertz CT molecular complexity index is 880. The Labute approximate surface area is 144 Å². The first-order valence-corrected chi connectivity index (χ1v) is 9.30. The maximum absolute atomic E-state index is 11.3. The molecule has 9 heteroatoms. The minimum atomic E-state index is -3.73. The number of nitrogens with two attached hydrogens (primary N) is 2. The van der Waals surface area contributed by atoms with Gasteiger partial charge in [-0.25, -0.2) is 23.6 Å². The van der Waals surface area contributed by atoms with Crippen LogP contribution >= 0.6 is 11.8 Å². The first-order chi connectivity index (χ1) is 11.4. The number of hydrogen-bond acceptors (Lipinski definition) is 5. The summed E-state index contributed by atoms with van der Waals surface area (Å²) in [4.78, 5) is 4.30. The zero-order chi connectivity index (χ0) is 17.2. The highest BCUT2D eigenvalue weighted by Gasteiger charge is 2.26. The number of sulfonamides is 1. The van der Waals surface area contributed by atoms with Crippen LogP contribution in [0.15, 0.2) is 69.6 Å². The van der Waals surface area contributed by atoms with Gasteiger partial charge in [-0.15, -0.1) is 0 Å². The maximum atomic E-state index is 11.3. The van der Waals surface area contributed by atoms with E-state index in [4.69, 9.17) is 10.9 Å². The highest BCUT2D eigenvalue weighted by molar-refractivity contribution is 8.12. The van der Waals surface area contributed by atoms with Crippen molar-refractivity contribution in [3.05, 3.63) is 60.2 Å². The lowest BCUT2D eigenvalue weighted by Gasteiger charge is -2.21. The quantitative estimate of drug-likeness (QED) is 0.640. The molecule has 4 N–H and O–H groups in total. The monoisotopic (exact) mass is 360 g/mol.